The molecule has 9 heavy (non-hydrogen) atoms. The normalized spacial score (nSPS) is 7.67. The number of carbonyl (C=O) groups is 1. The van der Waals surface area contributed by atoms with Crippen molar-refractivity contribution in [2.45, 2.75) is 19.8 Å². The fraction of sp³-hybridized carbons (Fsp3) is 0.500. The van der Waals surface area contributed by atoms with Crippen LogP contribution in [0.25, 0.3) is 0 Å². The molecular weight excluding hydrogens is 143 g/mol. The number of hydrogen-bond acceptors (Lipinski definition) is 2. The molecule has 0 fully saturated rings. The first kappa shape index (κ1) is 12.5. The van der Waals surface area contributed by atoms with Gasteiger partial charge in [-0.15, -0.1) is 0 Å². The minimum absolute atomic E-state index is 0. The Morgan fingerprint density at radius 3 is 2.22 bits per heavy atom. The molecule has 0 spiro atoms. The van der Waals surface area contributed by atoms with E-state index in [2.05, 4.69) is 6.58 Å². The summed E-state index contributed by atoms with van der Waals surface area (Å²) in [5.41, 5.74) is 0.188. The van der Waals surface area contributed by atoms with E-state index in [4.69, 9.17) is 0 Å². The molecule has 0 unspecified atom stereocenters. The van der Waals surface area contributed by atoms with Crippen LogP contribution < -0.4 is 56.5 Å². The summed E-state index contributed by atoms with van der Waals surface area (Å²) in [6, 6.07) is 0. The summed E-state index contributed by atoms with van der Waals surface area (Å²) in [7, 11) is 0. The Labute approximate surface area is 97.8 Å². The number of carboxylic acids is 1. The number of carboxylic acid groups (broad SMARTS) is 1. The summed E-state index contributed by atoms with van der Waals surface area (Å²) in [6.45, 7) is 5.18. The molecule has 0 atom stereocenters. The van der Waals surface area contributed by atoms with Crippen molar-refractivity contribution in [3.8, 4) is 0 Å². The first-order valence-corrected chi connectivity index (χ1v) is 2.57. The second-order valence-corrected chi connectivity index (χ2v) is 1.64. The van der Waals surface area contributed by atoms with Crippen LogP contribution in [0.5, 0.6) is 0 Å². The minimum atomic E-state index is -1.13. The zero-order chi connectivity index (χ0) is 6.57. The molecule has 0 aliphatic carbocycles. The molecule has 0 aromatic heterocycles. The van der Waals surface area contributed by atoms with Crippen molar-refractivity contribution in [2.75, 3.05) is 0 Å². The van der Waals surface area contributed by atoms with Gasteiger partial charge in [-0.3, -0.25) is 0 Å². The maximum atomic E-state index is 9.88. The zero-order valence-electron chi connectivity index (χ0n) is 5.94. The predicted molar refractivity (Wildman–Crippen MR) is 29.1 cm³/mol. The number of aliphatic carboxylic acids is 1. The van der Waals surface area contributed by atoms with Crippen molar-refractivity contribution >= 4 is 5.97 Å². The summed E-state index contributed by atoms with van der Waals surface area (Å²) in [5, 5.41) is 9.88. The van der Waals surface area contributed by atoms with Crippen molar-refractivity contribution in [2.24, 2.45) is 0 Å². The Hall–Kier alpha value is 0.846. The van der Waals surface area contributed by atoms with E-state index >= 15 is 0 Å². The Morgan fingerprint density at radius 2 is 2.11 bits per heavy atom. The molecule has 0 aliphatic heterocycles. The molecule has 2 nitrogen and oxygen atoms in total. The maximum Gasteiger partial charge on any atom is 1.00 e. The van der Waals surface area contributed by atoms with E-state index in [1.165, 1.54) is 0 Å². The Bertz CT molecular complexity index is 110. The number of carbonyl (C=O) groups excluding carboxylic acids is 1. The Kier molecular flexibility index (Phi) is 9.68. The average molecular weight is 152 g/mol. The van der Waals surface area contributed by atoms with E-state index < -0.39 is 5.97 Å². The summed E-state index contributed by atoms with van der Waals surface area (Å²) in [4.78, 5) is 9.88. The van der Waals surface area contributed by atoms with Crippen LogP contribution in [0.3, 0.4) is 0 Å². The van der Waals surface area contributed by atoms with E-state index in [9.17, 15) is 9.90 Å². The molecule has 0 aromatic carbocycles. The Morgan fingerprint density at radius 1 is 1.67 bits per heavy atom. The molecule has 0 N–H and O–H groups in total. The zero-order valence-corrected chi connectivity index (χ0v) is 9.06. The fourth-order valence-corrected chi connectivity index (χ4v) is 0.404. The molecule has 3 heteroatoms. The van der Waals surface area contributed by atoms with E-state index in [1.807, 2.05) is 6.92 Å². The van der Waals surface area contributed by atoms with Gasteiger partial charge in [0.25, 0.3) is 0 Å². The van der Waals surface area contributed by atoms with Gasteiger partial charge in [-0.2, -0.15) is 0 Å². The van der Waals surface area contributed by atoms with E-state index in [0.29, 0.717) is 6.42 Å². The van der Waals surface area contributed by atoms with Gasteiger partial charge in [0.1, 0.15) is 0 Å². The van der Waals surface area contributed by atoms with Crippen molar-refractivity contribution in [3.63, 3.8) is 0 Å². The van der Waals surface area contributed by atoms with Crippen LogP contribution in [0.2, 0.25) is 0 Å². The van der Waals surface area contributed by atoms with E-state index in [-0.39, 0.29) is 57.0 Å². The van der Waals surface area contributed by atoms with Crippen molar-refractivity contribution in [3.05, 3.63) is 12.2 Å². The molecule has 46 valence electrons. The van der Waals surface area contributed by atoms with Gasteiger partial charge < -0.3 is 9.90 Å². The molecule has 0 saturated heterocycles. The molecule has 0 heterocycles. The van der Waals surface area contributed by atoms with Gasteiger partial charge in [0.2, 0.25) is 0 Å². The quantitative estimate of drug-likeness (QED) is 0.321. The molecular formula is C6H9KO2. The van der Waals surface area contributed by atoms with E-state index in [1.54, 1.807) is 0 Å². The van der Waals surface area contributed by atoms with Crippen LogP contribution in [0, 0.1) is 0 Å². The first-order chi connectivity index (χ1) is 3.68. The van der Waals surface area contributed by atoms with Crippen molar-refractivity contribution in [1.29, 1.82) is 0 Å². The SMILES string of the molecule is C=C(CCC)C(=O)[O-].[K+]. The van der Waals surface area contributed by atoms with Crippen LogP contribution >= 0.6 is 0 Å². The van der Waals surface area contributed by atoms with Crippen LogP contribution in [0.4, 0.5) is 0 Å². The molecule has 0 radical (unpaired) electrons. The molecule has 0 aliphatic rings. The molecule has 0 rings (SSSR count). The van der Waals surface area contributed by atoms with Gasteiger partial charge in [0.05, 0.1) is 5.97 Å². The molecule has 0 bridgehead atoms. The minimum Gasteiger partial charge on any atom is -0.545 e. The smallest absolute Gasteiger partial charge is 0.545 e. The van der Waals surface area contributed by atoms with Crippen molar-refractivity contribution in [1.82, 2.24) is 0 Å². The first-order valence-electron chi connectivity index (χ1n) is 2.57. The van der Waals surface area contributed by atoms with Crippen molar-refractivity contribution < 1.29 is 61.3 Å². The summed E-state index contributed by atoms with van der Waals surface area (Å²) < 4.78 is 0. The van der Waals surface area contributed by atoms with Gasteiger partial charge in [0.15, 0.2) is 0 Å². The third-order valence-electron chi connectivity index (χ3n) is 0.840. The van der Waals surface area contributed by atoms with E-state index in [0.717, 1.165) is 6.42 Å². The van der Waals surface area contributed by atoms with Crippen LogP contribution in [-0.2, 0) is 4.79 Å². The van der Waals surface area contributed by atoms with Gasteiger partial charge in [0, 0.05) is 0 Å². The third kappa shape index (κ3) is 6.74. The van der Waals surface area contributed by atoms with Gasteiger partial charge in [-0.25, -0.2) is 0 Å². The maximum absolute atomic E-state index is 9.88. The van der Waals surface area contributed by atoms with Gasteiger partial charge in [-0.05, 0) is 12.0 Å². The number of rotatable bonds is 3. The topological polar surface area (TPSA) is 40.1 Å². The standard InChI is InChI=1S/C6H10O2.K/c1-3-4-5(2)6(7)8;/h2-4H2,1H3,(H,7,8);/q;+1/p-1. The second-order valence-electron chi connectivity index (χ2n) is 1.64. The van der Waals surface area contributed by atoms with Crippen LogP contribution in [-0.4, -0.2) is 5.97 Å². The predicted octanol–water partition coefficient (Wildman–Crippen LogP) is -2.90. The van der Waals surface area contributed by atoms with Crippen LogP contribution in [0.15, 0.2) is 12.2 Å². The fourth-order valence-electron chi connectivity index (χ4n) is 0.404. The summed E-state index contributed by atoms with van der Waals surface area (Å²) in [6.07, 6.45) is 1.34. The average Bonchev–Trinajstić information content (AvgIpc) is 1.67. The number of hydrogen-bond donors (Lipinski definition) is 0. The Balaban J connectivity index is 0. The third-order valence-corrected chi connectivity index (χ3v) is 0.840. The molecule has 0 saturated carbocycles. The molecule has 0 amide bonds. The summed E-state index contributed by atoms with van der Waals surface area (Å²) in [5.74, 6) is -1.13. The summed E-state index contributed by atoms with van der Waals surface area (Å²) >= 11 is 0. The van der Waals surface area contributed by atoms with Gasteiger partial charge in [-0.1, -0.05) is 19.9 Å². The van der Waals surface area contributed by atoms with Crippen LogP contribution in [0.1, 0.15) is 19.8 Å². The monoisotopic (exact) mass is 152 g/mol. The second kappa shape index (κ2) is 6.96. The molecule has 0 aromatic rings. The van der Waals surface area contributed by atoms with Gasteiger partial charge >= 0.3 is 51.4 Å². The largest absolute Gasteiger partial charge is 1.00 e.